The Bertz CT molecular complexity index is 337. The Balaban J connectivity index is 1.49. The van der Waals surface area contributed by atoms with Crippen molar-refractivity contribution in [1.82, 2.24) is 10.3 Å². The van der Waals surface area contributed by atoms with Crippen molar-refractivity contribution in [2.45, 2.75) is 51.1 Å². The molecular weight excluding hydrogens is 204 g/mol. The third-order valence-corrected chi connectivity index (χ3v) is 4.60. The lowest BCUT2D eigenvalue weighted by molar-refractivity contribution is 0.241. The van der Waals surface area contributed by atoms with Crippen LogP contribution >= 0.6 is 11.3 Å². The van der Waals surface area contributed by atoms with Crippen LogP contribution in [-0.4, -0.2) is 11.0 Å². The molecule has 0 atom stereocenters. The summed E-state index contributed by atoms with van der Waals surface area (Å²) in [6, 6.07) is 0.770. The number of hydrogen-bond donors (Lipinski definition) is 1. The summed E-state index contributed by atoms with van der Waals surface area (Å²) in [4.78, 5) is 5.91. The first-order valence-corrected chi connectivity index (χ1v) is 6.81. The van der Waals surface area contributed by atoms with Crippen molar-refractivity contribution >= 4 is 11.3 Å². The molecule has 0 saturated heterocycles. The first-order valence-electron chi connectivity index (χ1n) is 5.99. The van der Waals surface area contributed by atoms with Crippen LogP contribution in [0.5, 0.6) is 0 Å². The highest BCUT2D eigenvalue weighted by Crippen LogP contribution is 2.41. The standard InChI is InChI=1S/C12H18N2S/c1-8-4-10(5-8)13-6-11-7-14-12(15-11)9-2-3-9/h7-10,13H,2-6H2,1H3. The van der Waals surface area contributed by atoms with E-state index in [1.807, 2.05) is 11.3 Å². The Morgan fingerprint density at radius 3 is 2.93 bits per heavy atom. The zero-order valence-electron chi connectivity index (χ0n) is 9.20. The quantitative estimate of drug-likeness (QED) is 0.847. The average Bonchev–Trinajstić information content (AvgIpc) is 2.92. The average molecular weight is 222 g/mol. The molecule has 0 amide bonds. The van der Waals surface area contributed by atoms with Gasteiger partial charge in [-0.3, -0.25) is 0 Å². The van der Waals surface area contributed by atoms with Crippen molar-refractivity contribution in [3.63, 3.8) is 0 Å². The summed E-state index contributed by atoms with van der Waals surface area (Å²) in [6.07, 6.45) is 7.50. The Morgan fingerprint density at radius 2 is 2.27 bits per heavy atom. The molecule has 2 aliphatic carbocycles. The van der Waals surface area contributed by atoms with Crippen molar-refractivity contribution < 1.29 is 0 Å². The lowest BCUT2D eigenvalue weighted by atomic mass is 9.82. The lowest BCUT2D eigenvalue weighted by Crippen LogP contribution is -2.39. The third kappa shape index (κ3) is 2.23. The highest BCUT2D eigenvalue weighted by Gasteiger charge is 2.27. The molecule has 15 heavy (non-hydrogen) atoms. The van der Waals surface area contributed by atoms with E-state index in [0.29, 0.717) is 0 Å². The predicted molar refractivity (Wildman–Crippen MR) is 63.1 cm³/mol. The van der Waals surface area contributed by atoms with E-state index in [4.69, 9.17) is 0 Å². The van der Waals surface area contributed by atoms with Crippen molar-refractivity contribution in [2.75, 3.05) is 0 Å². The predicted octanol–water partition coefficient (Wildman–Crippen LogP) is 2.91. The second-order valence-corrected chi connectivity index (χ2v) is 6.24. The maximum Gasteiger partial charge on any atom is 0.0959 e. The summed E-state index contributed by atoms with van der Waals surface area (Å²) in [6.45, 7) is 3.36. The summed E-state index contributed by atoms with van der Waals surface area (Å²) in [5.41, 5.74) is 0. The van der Waals surface area contributed by atoms with Gasteiger partial charge in [-0.1, -0.05) is 6.92 Å². The molecular formula is C12H18N2S. The van der Waals surface area contributed by atoms with Crippen molar-refractivity contribution in [1.29, 1.82) is 0 Å². The lowest BCUT2D eigenvalue weighted by Gasteiger charge is -2.33. The van der Waals surface area contributed by atoms with E-state index in [0.717, 1.165) is 24.4 Å². The molecule has 2 fully saturated rings. The fourth-order valence-corrected chi connectivity index (χ4v) is 3.27. The first kappa shape index (κ1) is 9.79. The maximum atomic E-state index is 4.49. The topological polar surface area (TPSA) is 24.9 Å². The zero-order chi connectivity index (χ0) is 10.3. The molecule has 1 N–H and O–H groups in total. The smallest absolute Gasteiger partial charge is 0.0959 e. The van der Waals surface area contributed by atoms with Gasteiger partial charge in [0.2, 0.25) is 0 Å². The van der Waals surface area contributed by atoms with E-state index >= 15 is 0 Å². The van der Waals surface area contributed by atoms with E-state index in [9.17, 15) is 0 Å². The molecule has 3 rings (SSSR count). The highest BCUT2D eigenvalue weighted by molar-refractivity contribution is 7.11. The van der Waals surface area contributed by atoms with Crippen LogP contribution in [0.3, 0.4) is 0 Å². The molecule has 82 valence electrons. The summed E-state index contributed by atoms with van der Waals surface area (Å²) >= 11 is 1.91. The van der Waals surface area contributed by atoms with E-state index in [-0.39, 0.29) is 0 Å². The van der Waals surface area contributed by atoms with Crippen LogP contribution in [0.4, 0.5) is 0 Å². The summed E-state index contributed by atoms with van der Waals surface area (Å²) < 4.78 is 0. The van der Waals surface area contributed by atoms with E-state index in [1.54, 1.807) is 0 Å². The van der Waals surface area contributed by atoms with Crippen LogP contribution in [0, 0.1) is 5.92 Å². The van der Waals surface area contributed by atoms with Crippen LogP contribution in [0.15, 0.2) is 6.20 Å². The van der Waals surface area contributed by atoms with Gasteiger partial charge in [0, 0.05) is 29.6 Å². The molecule has 2 saturated carbocycles. The van der Waals surface area contributed by atoms with Gasteiger partial charge in [-0.15, -0.1) is 11.3 Å². The molecule has 0 radical (unpaired) electrons. The molecule has 0 bridgehead atoms. The Labute approximate surface area is 95.1 Å². The molecule has 2 nitrogen and oxygen atoms in total. The second-order valence-electron chi connectivity index (χ2n) is 5.09. The third-order valence-electron chi connectivity index (χ3n) is 3.44. The largest absolute Gasteiger partial charge is 0.309 e. The molecule has 0 unspecified atom stereocenters. The van der Waals surface area contributed by atoms with Crippen LogP contribution in [0.2, 0.25) is 0 Å². The monoisotopic (exact) mass is 222 g/mol. The number of hydrogen-bond acceptors (Lipinski definition) is 3. The Kier molecular flexibility index (Phi) is 2.53. The van der Waals surface area contributed by atoms with E-state index in [2.05, 4.69) is 23.4 Å². The van der Waals surface area contributed by atoms with Gasteiger partial charge >= 0.3 is 0 Å². The van der Waals surface area contributed by atoms with Crippen LogP contribution in [0.25, 0.3) is 0 Å². The normalized spacial score (nSPS) is 30.2. The molecule has 2 aliphatic rings. The minimum Gasteiger partial charge on any atom is -0.309 e. The number of nitrogens with one attached hydrogen (secondary N) is 1. The second kappa shape index (κ2) is 3.87. The van der Waals surface area contributed by atoms with Gasteiger partial charge in [0.15, 0.2) is 0 Å². The molecule has 0 aliphatic heterocycles. The highest BCUT2D eigenvalue weighted by atomic mass is 32.1. The van der Waals surface area contributed by atoms with Gasteiger partial charge in [-0.25, -0.2) is 4.98 Å². The molecule has 0 spiro atoms. The zero-order valence-corrected chi connectivity index (χ0v) is 10.0. The van der Waals surface area contributed by atoms with Crippen LogP contribution in [-0.2, 0) is 6.54 Å². The van der Waals surface area contributed by atoms with Crippen LogP contribution < -0.4 is 5.32 Å². The van der Waals surface area contributed by atoms with Crippen LogP contribution in [0.1, 0.15) is 48.4 Å². The fraction of sp³-hybridized carbons (Fsp3) is 0.750. The first-order chi connectivity index (χ1) is 7.31. The summed E-state index contributed by atoms with van der Waals surface area (Å²) in [7, 11) is 0. The SMILES string of the molecule is CC1CC(NCc2cnc(C3CC3)s2)C1. The van der Waals surface area contributed by atoms with Gasteiger partial charge < -0.3 is 5.32 Å². The van der Waals surface area contributed by atoms with Gasteiger partial charge in [-0.05, 0) is 31.6 Å². The maximum absolute atomic E-state index is 4.49. The fourth-order valence-electron chi connectivity index (χ4n) is 2.24. The van der Waals surface area contributed by atoms with Gasteiger partial charge in [0.1, 0.15) is 0 Å². The Morgan fingerprint density at radius 1 is 1.47 bits per heavy atom. The Hall–Kier alpha value is -0.410. The molecule has 0 aromatic carbocycles. The summed E-state index contributed by atoms with van der Waals surface area (Å²) in [5, 5.41) is 4.98. The van der Waals surface area contributed by atoms with E-state index in [1.165, 1.54) is 35.6 Å². The molecule has 3 heteroatoms. The number of nitrogens with zero attached hydrogens (tertiary/aromatic N) is 1. The minimum atomic E-state index is 0.770. The molecule has 1 heterocycles. The van der Waals surface area contributed by atoms with Crippen molar-refractivity contribution in [2.24, 2.45) is 5.92 Å². The van der Waals surface area contributed by atoms with Gasteiger partial charge in [0.25, 0.3) is 0 Å². The van der Waals surface area contributed by atoms with Gasteiger partial charge in [0.05, 0.1) is 5.01 Å². The number of rotatable bonds is 4. The summed E-state index contributed by atoms with van der Waals surface area (Å²) in [5.74, 6) is 1.75. The van der Waals surface area contributed by atoms with Crippen molar-refractivity contribution in [3.05, 3.63) is 16.1 Å². The number of thiazole rings is 1. The van der Waals surface area contributed by atoms with E-state index < -0.39 is 0 Å². The number of aromatic nitrogens is 1. The van der Waals surface area contributed by atoms with Crippen molar-refractivity contribution in [3.8, 4) is 0 Å². The molecule has 1 aromatic rings. The molecule has 1 aromatic heterocycles. The van der Waals surface area contributed by atoms with Gasteiger partial charge in [-0.2, -0.15) is 0 Å². The minimum absolute atomic E-state index is 0.770.